The van der Waals surface area contributed by atoms with E-state index >= 15 is 0 Å². The summed E-state index contributed by atoms with van der Waals surface area (Å²) in [6, 6.07) is 12.3. The first kappa shape index (κ1) is 14.8. The van der Waals surface area contributed by atoms with Gasteiger partial charge in [0, 0.05) is 11.1 Å². The number of nitrogens with one attached hydrogen (secondary N) is 1. The highest BCUT2D eigenvalue weighted by Crippen LogP contribution is 2.26. The maximum Gasteiger partial charge on any atom is 0.256 e. The Labute approximate surface area is 123 Å². The van der Waals surface area contributed by atoms with Gasteiger partial charge in [-0.2, -0.15) is 0 Å². The Bertz CT molecular complexity index is 665. The lowest BCUT2D eigenvalue weighted by Gasteiger charge is -2.13. The van der Waals surface area contributed by atoms with Gasteiger partial charge in [-0.15, -0.1) is 0 Å². The minimum Gasteiger partial charge on any atom is -0.492 e. The number of hydrogen-bond donors (Lipinski definition) is 1. The molecular weight excluding hydrogens is 266 g/mol. The Kier molecular flexibility index (Phi) is 4.72. The Morgan fingerprint density at radius 2 is 2.00 bits per heavy atom. The molecule has 0 spiro atoms. The lowest BCUT2D eigenvalue weighted by molar-refractivity contribution is 0.102. The van der Waals surface area contributed by atoms with Crippen LogP contribution in [0.25, 0.3) is 0 Å². The molecule has 0 aliphatic carbocycles. The smallest absolute Gasteiger partial charge is 0.256 e. The molecule has 0 aliphatic rings. The van der Waals surface area contributed by atoms with Gasteiger partial charge in [-0.1, -0.05) is 18.2 Å². The van der Waals surface area contributed by atoms with Crippen LogP contribution >= 0.6 is 0 Å². The van der Waals surface area contributed by atoms with E-state index in [4.69, 9.17) is 4.74 Å². The maximum atomic E-state index is 12.3. The van der Waals surface area contributed by atoms with E-state index in [2.05, 4.69) is 5.32 Å². The van der Waals surface area contributed by atoms with Gasteiger partial charge in [0.1, 0.15) is 12.0 Å². The highest BCUT2D eigenvalue weighted by Gasteiger charge is 2.12. The van der Waals surface area contributed by atoms with Crippen LogP contribution in [0.15, 0.2) is 42.5 Å². The summed E-state index contributed by atoms with van der Waals surface area (Å²) in [4.78, 5) is 23.2. The molecule has 0 radical (unpaired) electrons. The van der Waals surface area contributed by atoms with Crippen LogP contribution in [-0.2, 0) is 0 Å². The SMILES string of the molecule is CCOc1ccc(C=O)cc1NC(=O)c1ccccc1C. The third-order valence-electron chi connectivity index (χ3n) is 3.08. The van der Waals surface area contributed by atoms with Gasteiger partial charge in [0.25, 0.3) is 5.91 Å². The highest BCUT2D eigenvalue weighted by atomic mass is 16.5. The molecule has 1 amide bonds. The molecule has 1 N–H and O–H groups in total. The predicted octanol–water partition coefficient (Wildman–Crippen LogP) is 3.46. The van der Waals surface area contributed by atoms with Gasteiger partial charge < -0.3 is 10.1 Å². The fourth-order valence-electron chi connectivity index (χ4n) is 2.02. The molecule has 21 heavy (non-hydrogen) atoms. The summed E-state index contributed by atoms with van der Waals surface area (Å²) < 4.78 is 5.47. The molecule has 0 aliphatic heterocycles. The number of carbonyl (C=O) groups excluding carboxylic acids is 2. The molecule has 0 fully saturated rings. The van der Waals surface area contributed by atoms with Gasteiger partial charge in [-0.05, 0) is 43.7 Å². The van der Waals surface area contributed by atoms with Gasteiger partial charge in [0.05, 0.1) is 12.3 Å². The van der Waals surface area contributed by atoms with Crippen LogP contribution in [0.4, 0.5) is 5.69 Å². The van der Waals surface area contributed by atoms with E-state index in [1.165, 1.54) is 0 Å². The van der Waals surface area contributed by atoms with E-state index in [0.29, 0.717) is 29.2 Å². The fraction of sp³-hybridized carbons (Fsp3) is 0.176. The van der Waals surface area contributed by atoms with Gasteiger partial charge in [0.15, 0.2) is 0 Å². The second-order valence-electron chi connectivity index (χ2n) is 4.58. The summed E-state index contributed by atoms with van der Waals surface area (Å²) in [5, 5.41) is 2.80. The third kappa shape index (κ3) is 3.48. The van der Waals surface area contributed by atoms with Crippen LogP contribution in [0.2, 0.25) is 0 Å². The number of rotatable bonds is 5. The molecule has 2 rings (SSSR count). The molecule has 0 unspecified atom stereocenters. The molecule has 0 heterocycles. The van der Waals surface area contributed by atoms with E-state index < -0.39 is 0 Å². The quantitative estimate of drug-likeness (QED) is 0.855. The van der Waals surface area contributed by atoms with E-state index in [-0.39, 0.29) is 5.91 Å². The van der Waals surface area contributed by atoms with E-state index in [1.807, 2.05) is 32.0 Å². The number of ether oxygens (including phenoxy) is 1. The Morgan fingerprint density at radius 1 is 1.24 bits per heavy atom. The molecule has 108 valence electrons. The first-order valence-electron chi connectivity index (χ1n) is 6.74. The van der Waals surface area contributed by atoms with Crippen molar-refractivity contribution in [2.75, 3.05) is 11.9 Å². The molecule has 0 bridgehead atoms. The zero-order chi connectivity index (χ0) is 15.2. The van der Waals surface area contributed by atoms with E-state index in [9.17, 15) is 9.59 Å². The summed E-state index contributed by atoms with van der Waals surface area (Å²) in [6.07, 6.45) is 0.735. The largest absolute Gasteiger partial charge is 0.492 e. The molecule has 0 aromatic heterocycles. The van der Waals surface area contributed by atoms with Crippen molar-refractivity contribution in [1.82, 2.24) is 0 Å². The molecule has 2 aromatic rings. The molecule has 0 atom stereocenters. The molecule has 0 saturated carbocycles. The molecule has 0 saturated heterocycles. The van der Waals surface area contributed by atoms with E-state index in [0.717, 1.165) is 11.8 Å². The van der Waals surface area contributed by atoms with Crippen molar-refractivity contribution < 1.29 is 14.3 Å². The number of anilines is 1. The number of aryl methyl sites for hydroxylation is 1. The Hall–Kier alpha value is -2.62. The Balaban J connectivity index is 2.31. The summed E-state index contributed by atoms with van der Waals surface area (Å²) in [5.41, 5.74) is 2.46. The standard InChI is InChI=1S/C17H17NO3/c1-3-21-16-9-8-13(11-19)10-15(16)18-17(20)14-7-5-4-6-12(14)2/h4-11H,3H2,1-2H3,(H,18,20). The van der Waals surface area contributed by atoms with Crippen LogP contribution in [0, 0.1) is 6.92 Å². The summed E-state index contributed by atoms with van der Waals surface area (Å²) >= 11 is 0. The van der Waals surface area contributed by atoms with Gasteiger partial charge in [-0.25, -0.2) is 0 Å². The summed E-state index contributed by atoms with van der Waals surface area (Å²) in [7, 11) is 0. The monoisotopic (exact) mass is 283 g/mol. The van der Waals surface area contributed by atoms with Crippen molar-refractivity contribution in [3.05, 3.63) is 59.2 Å². The number of benzene rings is 2. The normalized spacial score (nSPS) is 10.0. The third-order valence-corrected chi connectivity index (χ3v) is 3.08. The zero-order valence-electron chi connectivity index (χ0n) is 12.1. The van der Waals surface area contributed by atoms with Crippen LogP contribution in [-0.4, -0.2) is 18.8 Å². The highest BCUT2D eigenvalue weighted by molar-refractivity contribution is 6.06. The van der Waals surface area contributed by atoms with E-state index in [1.54, 1.807) is 24.3 Å². The van der Waals surface area contributed by atoms with Gasteiger partial charge >= 0.3 is 0 Å². The Morgan fingerprint density at radius 3 is 2.67 bits per heavy atom. The average Bonchev–Trinajstić information content (AvgIpc) is 2.49. The van der Waals surface area contributed by atoms with Gasteiger partial charge in [0.2, 0.25) is 0 Å². The molecule has 4 nitrogen and oxygen atoms in total. The van der Waals surface area contributed by atoms with Crippen molar-refractivity contribution in [3.63, 3.8) is 0 Å². The lowest BCUT2D eigenvalue weighted by atomic mass is 10.1. The number of aldehydes is 1. The van der Waals surface area contributed by atoms with Crippen molar-refractivity contribution in [3.8, 4) is 5.75 Å². The molecular formula is C17H17NO3. The minimum atomic E-state index is -0.225. The summed E-state index contributed by atoms with van der Waals surface area (Å²) in [6.45, 7) is 4.22. The van der Waals surface area contributed by atoms with Crippen molar-refractivity contribution in [2.45, 2.75) is 13.8 Å². The second kappa shape index (κ2) is 6.70. The van der Waals surface area contributed by atoms with Crippen molar-refractivity contribution in [2.24, 2.45) is 0 Å². The average molecular weight is 283 g/mol. The van der Waals surface area contributed by atoms with Gasteiger partial charge in [-0.3, -0.25) is 9.59 Å². The lowest BCUT2D eigenvalue weighted by Crippen LogP contribution is -2.14. The number of amides is 1. The van der Waals surface area contributed by atoms with Crippen molar-refractivity contribution >= 4 is 17.9 Å². The fourth-order valence-corrected chi connectivity index (χ4v) is 2.02. The van der Waals surface area contributed by atoms with Crippen LogP contribution in [0.1, 0.15) is 33.2 Å². The van der Waals surface area contributed by atoms with Crippen molar-refractivity contribution in [1.29, 1.82) is 0 Å². The number of hydrogen-bond acceptors (Lipinski definition) is 3. The molecule has 2 aromatic carbocycles. The first-order valence-corrected chi connectivity index (χ1v) is 6.74. The predicted molar refractivity (Wildman–Crippen MR) is 82.1 cm³/mol. The second-order valence-corrected chi connectivity index (χ2v) is 4.58. The molecule has 4 heteroatoms. The first-order chi connectivity index (χ1) is 10.2. The van der Waals surface area contributed by atoms with Crippen LogP contribution in [0.5, 0.6) is 5.75 Å². The minimum absolute atomic E-state index is 0.225. The zero-order valence-corrected chi connectivity index (χ0v) is 12.1. The number of carbonyl (C=O) groups is 2. The maximum absolute atomic E-state index is 12.3. The summed E-state index contributed by atoms with van der Waals surface area (Å²) in [5.74, 6) is 0.321. The topological polar surface area (TPSA) is 55.4 Å². The van der Waals surface area contributed by atoms with Crippen LogP contribution < -0.4 is 10.1 Å². The van der Waals surface area contributed by atoms with Crippen LogP contribution in [0.3, 0.4) is 0 Å².